The minimum atomic E-state index is 0.573. The molecule has 1 N–H and O–H groups in total. The number of hydrogen-bond acceptors (Lipinski definition) is 3. The van der Waals surface area contributed by atoms with Gasteiger partial charge in [0.25, 0.3) is 0 Å². The molecule has 170 valence electrons. The predicted molar refractivity (Wildman–Crippen MR) is 135 cm³/mol. The van der Waals surface area contributed by atoms with Gasteiger partial charge in [0.15, 0.2) is 0 Å². The molecule has 32 heavy (non-hydrogen) atoms. The third kappa shape index (κ3) is 7.64. The second kappa shape index (κ2) is 12.8. The molecule has 0 aromatic heterocycles. The Bertz CT molecular complexity index is 939. The molecule has 0 radical (unpaired) electrons. The Labute approximate surface area is 193 Å². The molecular formula is C29H37NO2. The molecule has 0 amide bonds. The van der Waals surface area contributed by atoms with Crippen molar-refractivity contribution in [2.45, 2.75) is 59.5 Å². The molecule has 3 aromatic carbocycles. The number of ether oxygens (including phenoxy) is 2. The maximum Gasteiger partial charge on any atom is 0.121 e. The first-order valence-electron chi connectivity index (χ1n) is 11.9. The molecule has 3 nitrogen and oxygen atoms in total. The minimum absolute atomic E-state index is 0.573. The number of nitrogens with one attached hydrogen (secondary N) is 1. The van der Waals surface area contributed by atoms with E-state index >= 15 is 0 Å². The van der Waals surface area contributed by atoms with Crippen molar-refractivity contribution in [2.75, 3.05) is 11.9 Å². The van der Waals surface area contributed by atoms with E-state index in [0.717, 1.165) is 47.4 Å². The Morgan fingerprint density at radius 1 is 0.812 bits per heavy atom. The van der Waals surface area contributed by atoms with E-state index in [1.165, 1.54) is 31.2 Å². The summed E-state index contributed by atoms with van der Waals surface area (Å²) >= 11 is 0. The average molecular weight is 432 g/mol. The monoisotopic (exact) mass is 431 g/mol. The molecule has 0 aliphatic rings. The Hall–Kier alpha value is -2.94. The van der Waals surface area contributed by atoms with E-state index in [-0.39, 0.29) is 0 Å². The maximum absolute atomic E-state index is 6.02. The number of benzene rings is 3. The highest BCUT2D eigenvalue weighted by Gasteiger charge is 2.06. The molecule has 0 heterocycles. The zero-order valence-corrected chi connectivity index (χ0v) is 19.8. The summed E-state index contributed by atoms with van der Waals surface area (Å²) in [6.07, 6.45) is 6.22. The van der Waals surface area contributed by atoms with Crippen LogP contribution < -0.4 is 14.8 Å². The van der Waals surface area contributed by atoms with Crippen LogP contribution in [0.4, 0.5) is 11.4 Å². The largest absolute Gasteiger partial charge is 0.494 e. The topological polar surface area (TPSA) is 30.5 Å². The van der Waals surface area contributed by atoms with Crippen LogP contribution >= 0.6 is 0 Å². The first kappa shape index (κ1) is 23.7. The summed E-state index contributed by atoms with van der Waals surface area (Å²) in [5.74, 6) is 2.63. The second-order valence-corrected chi connectivity index (χ2v) is 8.46. The van der Waals surface area contributed by atoms with Gasteiger partial charge < -0.3 is 14.8 Å². The van der Waals surface area contributed by atoms with Crippen molar-refractivity contribution in [3.05, 3.63) is 83.9 Å². The normalized spacial score (nSPS) is 11.7. The predicted octanol–water partition coefficient (Wildman–Crippen LogP) is 8.30. The molecule has 3 heteroatoms. The van der Waals surface area contributed by atoms with Gasteiger partial charge in [-0.25, -0.2) is 0 Å². The fourth-order valence-corrected chi connectivity index (χ4v) is 3.95. The van der Waals surface area contributed by atoms with Crippen LogP contribution in [0.15, 0.2) is 72.8 Å². The summed E-state index contributed by atoms with van der Waals surface area (Å²) in [7, 11) is 0. The molecule has 1 unspecified atom stereocenters. The van der Waals surface area contributed by atoms with Gasteiger partial charge in [-0.1, -0.05) is 69.5 Å². The van der Waals surface area contributed by atoms with Crippen molar-refractivity contribution in [1.29, 1.82) is 0 Å². The quantitative estimate of drug-likeness (QED) is 0.276. The summed E-state index contributed by atoms with van der Waals surface area (Å²) in [4.78, 5) is 0. The third-order valence-electron chi connectivity index (χ3n) is 5.86. The molecule has 0 aliphatic heterocycles. The number of rotatable bonds is 13. The Morgan fingerprint density at radius 3 is 2.38 bits per heavy atom. The van der Waals surface area contributed by atoms with Crippen molar-refractivity contribution in [3.63, 3.8) is 0 Å². The van der Waals surface area contributed by atoms with Crippen LogP contribution in [0.2, 0.25) is 0 Å². The summed E-state index contributed by atoms with van der Waals surface area (Å²) in [6, 6.07) is 24.6. The van der Waals surface area contributed by atoms with E-state index in [1.54, 1.807) is 0 Å². The summed E-state index contributed by atoms with van der Waals surface area (Å²) in [6.45, 7) is 8.00. The molecule has 0 saturated heterocycles. The van der Waals surface area contributed by atoms with Gasteiger partial charge in [0, 0.05) is 17.4 Å². The summed E-state index contributed by atoms with van der Waals surface area (Å²) < 4.78 is 12.0. The van der Waals surface area contributed by atoms with Crippen molar-refractivity contribution in [3.8, 4) is 11.5 Å². The molecule has 0 aliphatic carbocycles. The van der Waals surface area contributed by atoms with Gasteiger partial charge in [0.1, 0.15) is 18.1 Å². The van der Waals surface area contributed by atoms with Crippen molar-refractivity contribution in [1.82, 2.24) is 0 Å². The lowest BCUT2D eigenvalue weighted by molar-refractivity contribution is 0.286. The Balaban J connectivity index is 1.51. The highest BCUT2D eigenvalue weighted by atomic mass is 16.5. The Kier molecular flexibility index (Phi) is 9.49. The van der Waals surface area contributed by atoms with Gasteiger partial charge in [-0.05, 0) is 67.1 Å². The van der Waals surface area contributed by atoms with Gasteiger partial charge in [0.05, 0.1) is 6.61 Å². The van der Waals surface area contributed by atoms with Crippen molar-refractivity contribution < 1.29 is 9.47 Å². The molecule has 3 aromatic rings. The zero-order chi connectivity index (χ0) is 22.6. The van der Waals surface area contributed by atoms with E-state index in [1.807, 2.05) is 36.4 Å². The van der Waals surface area contributed by atoms with E-state index in [4.69, 9.17) is 9.47 Å². The maximum atomic E-state index is 6.02. The Morgan fingerprint density at radius 2 is 1.62 bits per heavy atom. The summed E-state index contributed by atoms with van der Waals surface area (Å²) in [5.41, 5.74) is 4.41. The van der Waals surface area contributed by atoms with Crippen molar-refractivity contribution >= 4 is 11.4 Å². The van der Waals surface area contributed by atoms with Crippen LogP contribution in [0.5, 0.6) is 11.5 Å². The number of hydrogen-bond donors (Lipinski definition) is 1. The molecule has 3 rings (SSSR count). The van der Waals surface area contributed by atoms with Crippen LogP contribution in [0.1, 0.15) is 57.1 Å². The van der Waals surface area contributed by atoms with E-state index in [0.29, 0.717) is 6.61 Å². The standard InChI is InChI=1S/C29H37NO2/c1-4-11-24(5-2)14-10-19-31-27-16-9-15-26(21-27)30-29-18-17-28(20-23(29)3)32-22-25-12-7-6-8-13-25/h6-9,12-13,15-18,20-21,24,30H,4-5,10-11,14,19,22H2,1-3H3. The first-order chi connectivity index (χ1) is 15.7. The van der Waals surface area contributed by atoms with Crippen LogP contribution in [-0.4, -0.2) is 6.61 Å². The lowest BCUT2D eigenvalue weighted by Crippen LogP contribution is -2.03. The number of anilines is 2. The van der Waals surface area contributed by atoms with Crippen LogP contribution in [0, 0.1) is 12.8 Å². The average Bonchev–Trinajstić information content (AvgIpc) is 2.82. The SMILES string of the molecule is CCCC(CC)CCCOc1cccc(Nc2ccc(OCc3ccccc3)cc2C)c1. The van der Waals surface area contributed by atoms with E-state index in [2.05, 4.69) is 62.5 Å². The summed E-state index contributed by atoms with van der Waals surface area (Å²) in [5, 5.41) is 3.51. The smallest absolute Gasteiger partial charge is 0.121 e. The van der Waals surface area contributed by atoms with Gasteiger partial charge in [-0.3, -0.25) is 0 Å². The molecule has 0 fully saturated rings. The fraction of sp³-hybridized carbons (Fsp3) is 0.379. The third-order valence-corrected chi connectivity index (χ3v) is 5.86. The van der Waals surface area contributed by atoms with Gasteiger partial charge >= 0.3 is 0 Å². The minimum Gasteiger partial charge on any atom is -0.494 e. The van der Waals surface area contributed by atoms with Crippen LogP contribution in [-0.2, 0) is 6.61 Å². The first-order valence-corrected chi connectivity index (χ1v) is 11.9. The molecule has 1 atom stereocenters. The molecule has 0 saturated carbocycles. The highest BCUT2D eigenvalue weighted by Crippen LogP contribution is 2.27. The van der Waals surface area contributed by atoms with Gasteiger partial charge in [-0.15, -0.1) is 0 Å². The van der Waals surface area contributed by atoms with Gasteiger partial charge in [-0.2, -0.15) is 0 Å². The second-order valence-electron chi connectivity index (χ2n) is 8.46. The van der Waals surface area contributed by atoms with Crippen LogP contribution in [0.3, 0.4) is 0 Å². The van der Waals surface area contributed by atoms with E-state index < -0.39 is 0 Å². The molecule has 0 spiro atoms. The lowest BCUT2D eigenvalue weighted by atomic mass is 9.96. The van der Waals surface area contributed by atoms with Crippen LogP contribution in [0.25, 0.3) is 0 Å². The molecular weight excluding hydrogens is 394 g/mol. The number of aryl methyl sites for hydroxylation is 1. The fourth-order valence-electron chi connectivity index (χ4n) is 3.95. The van der Waals surface area contributed by atoms with E-state index in [9.17, 15) is 0 Å². The van der Waals surface area contributed by atoms with Gasteiger partial charge in [0.2, 0.25) is 0 Å². The highest BCUT2D eigenvalue weighted by molar-refractivity contribution is 5.65. The van der Waals surface area contributed by atoms with Crippen molar-refractivity contribution in [2.24, 2.45) is 5.92 Å². The molecule has 0 bridgehead atoms. The zero-order valence-electron chi connectivity index (χ0n) is 19.8. The lowest BCUT2D eigenvalue weighted by Gasteiger charge is -2.15.